The molecule has 3 nitrogen and oxygen atoms in total. The van der Waals surface area contributed by atoms with E-state index in [0.29, 0.717) is 12.5 Å². The van der Waals surface area contributed by atoms with Crippen molar-refractivity contribution in [3.8, 4) is 6.07 Å². The molecule has 0 bridgehead atoms. The Kier molecular flexibility index (Phi) is 4.00. The highest BCUT2D eigenvalue weighted by molar-refractivity contribution is 5.47. The summed E-state index contributed by atoms with van der Waals surface area (Å²) in [5.41, 5.74) is 2.55. The molecule has 1 heterocycles. The van der Waals surface area contributed by atoms with Gasteiger partial charge in [-0.05, 0) is 32.0 Å². The van der Waals surface area contributed by atoms with Gasteiger partial charge in [-0.1, -0.05) is 17.7 Å². The lowest BCUT2D eigenvalue weighted by Crippen LogP contribution is -2.37. The first-order chi connectivity index (χ1) is 8.29. The Labute approximate surface area is 103 Å². The second-order valence-corrected chi connectivity index (χ2v) is 4.65. The fraction of sp³-hybridized carbons (Fsp3) is 0.500. The number of rotatable bonds is 2. The SMILES string of the molecule is Cc1ccc(N2CCCNC(CC#N)C2)cc1. The number of nitrogens with zero attached hydrogens (tertiary/aromatic N) is 2. The third-order valence-corrected chi connectivity index (χ3v) is 3.22. The minimum atomic E-state index is 0.295. The predicted molar refractivity (Wildman–Crippen MR) is 70.0 cm³/mol. The van der Waals surface area contributed by atoms with Crippen LogP contribution in [0, 0.1) is 18.3 Å². The summed E-state index contributed by atoms with van der Waals surface area (Å²) in [4.78, 5) is 2.38. The van der Waals surface area contributed by atoms with Crippen molar-refractivity contribution in [2.45, 2.75) is 25.8 Å². The smallest absolute Gasteiger partial charge is 0.0638 e. The van der Waals surface area contributed by atoms with Crippen LogP contribution in [0.25, 0.3) is 0 Å². The minimum absolute atomic E-state index is 0.295. The molecule has 0 radical (unpaired) electrons. The van der Waals surface area contributed by atoms with Crippen molar-refractivity contribution in [3.05, 3.63) is 29.8 Å². The molecule has 1 aromatic rings. The standard InChI is InChI=1S/C14H19N3/c1-12-3-5-14(6-4-12)17-10-2-9-16-13(11-17)7-8-15/h3-6,13,16H,2,7,9-11H2,1H3. The topological polar surface area (TPSA) is 39.1 Å². The zero-order valence-electron chi connectivity index (χ0n) is 10.3. The van der Waals surface area contributed by atoms with E-state index in [1.54, 1.807) is 0 Å². The molecule has 90 valence electrons. The molecule has 0 spiro atoms. The van der Waals surface area contributed by atoms with Gasteiger partial charge in [0.2, 0.25) is 0 Å². The molecule has 0 aliphatic carbocycles. The quantitative estimate of drug-likeness (QED) is 0.844. The maximum absolute atomic E-state index is 8.80. The molecule has 17 heavy (non-hydrogen) atoms. The number of anilines is 1. The van der Waals surface area contributed by atoms with Gasteiger partial charge in [0, 0.05) is 24.8 Å². The van der Waals surface area contributed by atoms with Gasteiger partial charge in [-0.15, -0.1) is 0 Å². The molecule has 1 atom stereocenters. The monoisotopic (exact) mass is 229 g/mol. The van der Waals surface area contributed by atoms with E-state index in [0.717, 1.165) is 26.1 Å². The van der Waals surface area contributed by atoms with Crippen molar-refractivity contribution in [3.63, 3.8) is 0 Å². The summed E-state index contributed by atoms with van der Waals surface area (Å²) in [7, 11) is 0. The van der Waals surface area contributed by atoms with Crippen LogP contribution < -0.4 is 10.2 Å². The van der Waals surface area contributed by atoms with E-state index < -0.39 is 0 Å². The van der Waals surface area contributed by atoms with E-state index in [1.165, 1.54) is 11.3 Å². The summed E-state index contributed by atoms with van der Waals surface area (Å²) in [6, 6.07) is 11.2. The van der Waals surface area contributed by atoms with Gasteiger partial charge in [0.1, 0.15) is 0 Å². The molecule has 3 heteroatoms. The average Bonchev–Trinajstić information content (AvgIpc) is 2.56. The highest BCUT2D eigenvalue weighted by Gasteiger charge is 2.17. The van der Waals surface area contributed by atoms with Crippen molar-refractivity contribution < 1.29 is 0 Å². The van der Waals surface area contributed by atoms with Crippen LogP contribution in [0.2, 0.25) is 0 Å². The average molecular weight is 229 g/mol. The molecule has 1 aliphatic rings. The van der Waals surface area contributed by atoms with Crippen LogP contribution in [0.1, 0.15) is 18.4 Å². The lowest BCUT2D eigenvalue weighted by Gasteiger charge is -2.25. The van der Waals surface area contributed by atoms with Crippen LogP contribution in [0.4, 0.5) is 5.69 Å². The third kappa shape index (κ3) is 3.21. The van der Waals surface area contributed by atoms with E-state index in [1.807, 2.05) is 0 Å². The van der Waals surface area contributed by atoms with E-state index in [-0.39, 0.29) is 0 Å². The normalized spacial score (nSPS) is 20.7. The minimum Gasteiger partial charge on any atom is -0.370 e. The van der Waals surface area contributed by atoms with Crippen LogP contribution in [-0.4, -0.2) is 25.7 Å². The second-order valence-electron chi connectivity index (χ2n) is 4.65. The van der Waals surface area contributed by atoms with E-state index in [2.05, 4.69) is 47.5 Å². The summed E-state index contributed by atoms with van der Waals surface area (Å²) in [5, 5.41) is 12.2. The molecule has 0 saturated carbocycles. The zero-order chi connectivity index (χ0) is 12.1. The van der Waals surface area contributed by atoms with Gasteiger partial charge in [0.05, 0.1) is 12.5 Å². The number of nitrogens with one attached hydrogen (secondary N) is 1. The first-order valence-corrected chi connectivity index (χ1v) is 6.21. The molecule has 0 amide bonds. The molecule has 1 N–H and O–H groups in total. The highest BCUT2D eigenvalue weighted by Crippen LogP contribution is 2.17. The van der Waals surface area contributed by atoms with Gasteiger partial charge >= 0.3 is 0 Å². The van der Waals surface area contributed by atoms with Gasteiger partial charge in [-0.3, -0.25) is 0 Å². The molecule has 1 saturated heterocycles. The third-order valence-electron chi connectivity index (χ3n) is 3.22. The lowest BCUT2D eigenvalue weighted by atomic mass is 10.2. The summed E-state index contributed by atoms with van der Waals surface area (Å²) in [6.07, 6.45) is 1.72. The first kappa shape index (κ1) is 11.9. The molecule has 1 fully saturated rings. The number of benzene rings is 1. The van der Waals surface area contributed by atoms with Crippen LogP contribution in [-0.2, 0) is 0 Å². The van der Waals surface area contributed by atoms with Crippen LogP contribution in [0.3, 0.4) is 0 Å². The Hall–Kier alpha value is -1.53. The van der Waals surface area contributed by atoms with Gasteiger partial charge in [0.25, 0.3) is 0 Å². The van der Waals surface area contributed by atoms with Crippen molar-refractivity contribution in [2.24, 2.45) is 0 Å². The fourth-order valence-corrected chi connectivity index (χ4v) is 2.23. The van der Waals surface area contributed by atoms with Gasteiger partial charge in [-0.2, -0.15) is 5.26 Å². The molecule has 1 aliphatic heterocycles. The Morgan fingerprint density at radius 3 is 2.88 bits per heavy atom. The molecule has 0 aromatic heterocycles. The summed E-state index contributed by atoms with van der Waals surface area (Å²) in [5.74, 6) is 0. The van der Waals surface area contributed by atoms with Crippen molar-refractivity contribution in [1.29, 1.82) is 5.26 Å². The summed E-state index contributed by atoms with van der Waals surface area (Å²) in [6.45, 7) is 5.11. The summed E-state index contributed by atoms with van der Waals surface area (Å²) < 4.78 is 0. The van der Waals surface area contributed by atoms with E-state index >= 15 is 0 Å². The van der Waals surface area contributed by atoms with Crippen LogP contribution in [0.15, 0.2) is 24.3 Å². The van der Waals surface area contributed by atoms with E-state index in [9.17, 15) is 0 Å². The Balaban J connectivity index is 2.08. The number of aryl methyl sites for hydroxylation is 1. The lowest BCUT2D eigenvalue weighted by molar-refractivity contribution is 0.552. The van der Waals surface area contributed by atoms with Crippen LogP contribution >= 0.6 is 0 Å². The van der Waals surface area contributed by atoms with Crippen molar-refractivity contribution in [2.75, 3.05) is 24.5 Å². The second kappa shape index (κ2) is 5.70. The number of hydrogen-bond acceptors (Lipinski definition) is 3. The van der Waals surface area contributed by atoms with Gasteiger partial charge in [-0.25, -0.2) is 0 Å². The predicted octanol–water partition coefficient (Wildman–Crippen LogP) is 2.08. The first-order valence-electron chi connectivity index (χ1n) is 6.21. The van der Waals surface area contributed by atoms with E-state index in [4.69, 9.17) is 5.26 Å². The molecule has 1 unspecified atom stereocenters. The zero-order valence-corrected chi connectivity index (χ0v) is 10.3. The number of nitriles is 1. The molecule has 1 aromatic carbocycles. The van der Waals surface area contributed by atoms with Crippen molar-refractivity contribution in [1.82, 2.24) is 5.32 Å². The van der Waals surface area contributed by atoms with Gasteiger partial charge in [0.15, 0.2) is 0 Å². The fourth-order valence-electron chi connectivity index (χ4n) is 2.23. The summed E-state index contributed by atoms with van der Waals surface area (Å²) >= 11 is 0. The highest BCUT2D eigenvalue weighted by atomic mass is 15.2. The van der Waals surface area contributed by atoms with Crippen LogP contribution in [0.5, 0.6) is 0 Å². The van der Waals surface area contributed by atoms with Crippen molar-refractivity contribution >= 4 is 5.69 Å². The maximum Gasteiger partial charge on any atom is 0.0638 e. The maximum atomic E-state index is 8.80. The Morgan fingerprint density at radius 1 is 1.41 bits per heavy atom. The number of hydrogen-bond donors (Lipinski definition) is 1. The Bertz CT molecular complexity index is 391. The molecular formula is C14H19N3. The molecular weight excluding hydrogens is 210 g/mol. The molecule has 2 rings (SSSR count). The van der Waals surface area contributed by atoms with Gasteiger partial charge < -0.3 is 10.2 Å². The Morgan fingerprint density at radius 2 is 2.18 bits per heavy atom. The largest absolute Gasteiger partial charge is 0.370 e.